The number of rotatable bonds is 2. The van der Waals surface area contributed by atoms with Crippen LogP contribution >= 0.6 is 34.8 Å². The van der Waals surface area contributed by atoms with E-state index in [1.54, 1.807) is 6.07 Å². The number of nitrogens with zero attached hydrogens (tertiary/aromatic N) is 3. The Hall–Kier alpha value is -1.43. The zero-order valence-corrected chi connectivity index (χ0v) is 10.9. The summed E-state index contributed by atoms with van der Waals surface area (Å²) < 4.78 is 0. The predicted octanol–water partition coefficient (Wildman–Crippen LogP) is 4.01. The molecule has 1 aromatic heterocycles. The highest BCUT2D eigenvalue weighted by atomic mass is 35.5. The predicted molar refractivity (Wildman–Crippen MR) is 69.2 cm³/mol. The van der Waals surface area contributed by atoms with Crippen LogP contribution in [0.2, 0.25) is 15.2 Å². The lowest BCUT2D eigenvalue weighted by Crippen LogP contribution is -1.97. The number of benzene rings is 1. The molecule has 92 valence electrons. The molecule has 5 nitrogen and oxygen atoms in total. The highest BCUT2D eigenvalue weighted by molar-refractivity contribution is 6.42. The number of hydrogen-bond donors (Lipinski definition) is 0. The van der Waals surface area contributed by atoms with Gasteiger partial charge in [0.2, 0.25) is 5.15 Å². The van der Waals surface area contributed by atoms with E-state index in [1.807, 2.05) is 0 Å². The van der Waals surface area contributed by atoms with Gasteiger partial charge in [0.15, 0.2) is 5.69 Å². The van der Waals surface area contributed by atoms with Crippen LogP contribution < -0.4 is 0 Å². The summed E-state index contributed by atoms with van der Waals surface area (Å²) in [7, 11) is 0. The molecule has 8 heteroatoms. The fourth-order valence-electron chi connectivity index (χ4n) is 1.37. The molecule has 0 aliphatic carbocycles. The van der Waals surface area contributed by atoms with Crippen molar-refractivity contribution in [2.75, 3.05) is 0 Å². The van der Waals surface area contributed by atoms with Gasteiger partial charge in [0.1, 0.15) is 6.33 Å². The second-order valence-electron chi connectivity index (χ2n) is 3.25. The Balaban J connectivity index is 2.67. The van der Waals surface area contributed by atoms with Gasteiger partial charge in [-0.3, -0.25) is 10.1 Å². The average Bonchev–Trinajstić information content (AvgIpc) is 2.32. The SMILES string of the molecule is O=[N+]([O-])c1c(Cl)ncnc1-c1ccc(Cl)c(Cl)c1. The first-order valence-corrected chi connectivity index (χ1v) is 5.74. The van der Waals surface area contributed by atoms with Crippen molar-refractivity contribution in [2.45, 2.75) is 0 Å². The first-order chi connectivity index (χ1) is 8.50. The first-order valence-electron chi connectivity index (χ1n) is 4.61. The summed E-state index contributed by atoms with van der Waals surface area (Å²) in [5.74, 6) is 0. The van der Waals surface area contributed by atoms with E-state index in [0.29, 0.717) is 10.6 Å². The molecule has 0 aliphatic rings. The van der Waals surface area contributed by atoms with E-state index in [4.69, 9.17) is 34.8 Å². The molecule has 0 saturated heterocycles. The molecule has 0 unspecified atom stereocenters. The fraction of sp³-hybridized carbons (Fsp3) is 0. The van der Waals surface area contributed by atoms with Crippen molar-refractivity contribution >= 4 is 40.5 Å². The molecule has 1 aromatic carbocycles. The van der Waals surface area contributed by atoms with Crippen LogP contribution in [0.1, 0.15) is 0 Å². The molecule has 0 spiro atoms. The van der Waals surface area contributed by atoms with Crippen LogP contribution in [0.3, 0.4) is 0 Å². The third-order valence-electron chi connectivity index (χ3n) is 2.15. The summed E-state index contributed by atoms with van der Waals surface area (Å²) in [5.41, 5.74) is 0.177. The lowest BCUT2D eigenvalue weighted by molar-refractivity contribution is -0.384. The molecule has 1 heterocycles. The first kappa shape index (κ1) is 13.0. The maximum atomic E-state index is 10.9. The van der Waals surface area contributed by atoms with Crippen LogP contribution in [-0.2, 0) is 0 Å². The normalized spacial score (nSPS) is 10.4. The summed E-state index contributed by atoms with van der Waals surface area (Å²) in [6, 6.07) is 4.58. The minimum absolute atomic E-state index is 0.0959. The number of aromatic nitrogens is 2. The van der Waals surface area contributed by atoms with E-state index in [9.17, 15) is 10.1 Å². The molecule has 0 bridgehead atoms. The van der Waals surface area contributed by atoms with Crippen molar-refractivity contribution in [1.29, 1.82) is 0 Å². The molecule has 0 N–H and O–H groups in total. The van der Waals surface area contributed by atoms with Crippen LogP contribution in [-0.4, -0.2) is 14.9 Å². The monoisotopic (exact) mass is 303 g/mol. The smallest absolute Gasteiger partial charge is 0.258 e. The van der Waals surface area contributed by atoms with Gasteiger partial charge >= 0.3 is 5.69 Å². The van der Waals surface area contributed by atoms with Gasteiger partial charge in [0.25, 0.3) is 0 Å². The van der Waals surface area contributed by atoms with Crippen LogP contribution in [0.4, 0.5) is 5.69 Å². The number of hydrogen-bond acceptors (Lipinski definition) is 4. The molecule has 18 heavy (non-hydrogen) atoms. The lowest BCUT2D eigenvalue weighted by atomic mass is 10.1. The molecule has 2 aromatic rings. The Bertz CT molecular complexity index is 634. The van der Waals surface area contributed by atoms with Gasteiger partial charge < -0.3 is 0 Å². The molecule has 0 amide bonds. The van der Waals surface area contributed by atoms with Gasteiger partial charge in [-0.25, -0.2) is 9.97 Å². The Morgan fingerprint density at radius 1 is 1.11 bits per heavy atom. The molecule has 0 saturated carbocycles. The molecule has 0 aliphatic heterocycles. The highest BCUT2D eigenvalue weighted by Gasteiger charge is 2.22. The molecule has 2 rings (SSSR count). The highest BCUT2D eigenvalue weighted by Crippen LogP contribution is 2.35. The van der Waals surface area contributed by atoms with Gasteiger partial charge in [-0.15, -0.1) is 0 Å². The number of nitro groups is 1. The fourth-order valence-corrected chi connectivity index (χ4v) is 1.87. The third kappa shape index (κ3) is 2.38. The van der Waals surface area contributed by atoms with E-state index < -0.39 is 4.92 Å². The van der Waals surface area contributed by atoms with Crippen molar-refractivity contribution in [3.8, 4) is 11.3 Å². The van der Waals surface area contributed by atoms with Crippen molar-refractivity contribution in [3.63, 3.8) is 0 Å². The second-order valence-corrected chi connectivity index (χ2v) is 4.42. The Labute approximate surface area is 116 Å². The number of halogens is 3. The van der Waals surface area contributed by atoms with Crippen molar-refractivity contribution in [3.05, 3.63) is 49.8 Å². The van der Waals surface area contributed by atoms with Crippen LogP contribution in [0, 0.1) is 10.1 Å². The summed E-state index contributed by atoms with van der Waals surface area (Å²) >= 11 is 17.3. The van der Waals surface area contributed by atoms with E-state index >= 15 is 0 Å². The van der Waals surface area contributed by atoms with Crippen molar-refractivity contribution in [1.82, 2.24) is 9.97 Å². The second kappa shape index (κ2) is 5.06. The van der Waals surface area contributed by atoms with E-state index in [0.717, 1.165) is 6.33 Å². The van der Waals surface area contributed by atoms with Crippen molar-refractivity contribution < 1.29 is 4.92 Å². The van der Waals surface area contributed by atoms with Gasteiger partial charge in [-0.2, -0.15) is 0 Å². The molecule has 0 fully saturated rings. The van der Waals surface area contributed by atoms with E-state index in [-0.39, 0.29) is 21.6 Å². The van der Waals surface area contributed by atoms with E-state index in [1.165, 1.54) is 12.1 Å². The van der Waals surface area contributed by atoms with E-state index in [2.05, 4.69) is 9.97 Å². The van der Waals surface area contributed by atoms with Gasteiger partial charge in [0, 0.05) is 5.56 Å². The maximum Gasteiger partial charge on any atom is 0.332 e. The Kier molecular flexibility index (Phi) is 3.65. The standard InChI is InChI=1S/C10H4Cl3N3O2/c11-6-2-1-5(3-7(6)12)8-9(16(17)18)10(13)15-4-14-8/h1-4H. The van der Waals surface area contributed by atoms with Gasteiger partial charge in [-0.05, 0) is 12.1 Å². The summed E-state index contributed by atoms with van der Waals surface area (Å²) in [4.78, 5) is 17.8. The van der Waals surface area contributed by atoms with Crippen LogP contribution in [0.5, 0.6) is 0 Å². The molecule has 0 atom stereocenters. The quantitative estimate of drug-likeness (QED) is 0.477. The van der Waals surface area contributed by atoms with Crippen LogP contribution in [0.25, 0.3) is 11.3 Å². The van der Waals surface area contributed by atoms with Gasteiger partial charge in [-0.1, -0.05) is 40.9 Å². The summed E-state index contributed by atoms with van der Waals surface area (Å²) in [6.07, 6.45) is 1.15. The largest absolute Gasteiger partial charge is 0.332 e. The maximum absolute atomic E-state index is 10.9. The molecular weight excluding hydrogens is 300 g/mol. The third-order valence-corrected chi connectivity index (χ3v) is 3.17. The van der Waals surface area contributed by atoms with Crippen LogP contribution in [0.15, 0.2) is 24.5 Å². The summed E-state index contributed by atoms with van der Waals surface area (Å²) in [5, 5.41) is 11.4. The zero-order chi connectivity index (χ0) is 13.3. The Morgan fingerprint density at radius 2 is 1.83 bits per heavy atom. The minimum Gasteiger partial charge on any atom is -0.258 e. The molecule has 0 radical (unpaired) electrons. The Morgan fingerprint density at radius 3 is 2.44 bits per heavy atom. The summed E-state index contributed by atoms with van der Waals surface area (Å²) in [6.45, 7) is 0. The topological polar surface area (TPSA) is 68.9 Å². The van der Waals surface area contributed by atoms with Crippen molar-refractivity contribution in [2.24, 2.45) is 0 Å². The van der Waals surface area contributed by atoms with Gasteiger partial charge in [0.05, 0.1) is 15.0 Å². The zero-order valence-electron chi connectivity index (χ0n) is 8.60. The lowest BCUT2D eigenvalue weighted by Gasteiger charge is -2.04. The minimum atomic E-state index is -0.639. The average molecular weight is 305 g/mol. The molecular formula is C10H4Cl3N3O2.